The van der Waals surface area contributed by atoms with Crippen LogP contribution in [0.2, 0.25) is 0 Å². The average molecular weight is 739 g/mol. The van der Waals surface area contributed by atoms with Gasteiger partial charge in [-0.1, -0.05) is 42.5 Å². The number of aromatic nitrogens is 5. The maximum absolute atomic E-state index is 13.3. The second-order valence-electron chi connectivity index (χ2n) is 10.3. The molecular formula is C26H24N5O15P3. The Kier molecular flexibility index (Phi) is 9.51. The summed E-state index contributed by atoms with van der Waals surface area (Å²) in [7, 11) is -17.1. The fourth-order valence-corrected chi connectivity index (χ4v) is 7.95. The van der Waals surface area contributed by atoms with E-state index in [0.717, 1.165) is 0 Å². The molecule has 0 amide bonds. The predicted molar refractivity (Wildman–Crippen MR) is 162 cm³/mol. The summed E-state index contributed by atoms with van der Waals surface area (Å²) in [6.45, 7) is -1.05. The molecule has 5 aromatic rings. The van der Waals surface area contributed by atoms with E-state index in [4.69, 9.17) is 19.3 Å². The Balaban J connectivity index is 1.24. The van der Waals surface area contributed by atoms with E-state index < -0.39 is 60.6 Å². The molecule has 2 unspecified atom stereocenters. The van der Waals surface area contributed by atoms with Crippen LogP contribution < -0.4 is 0 Å². The minimum Gasteiger partial charge on any atom is -0.451 e. The molecule has 0 bridgehead atoms. The van der Waals surface area contributed by atoms with Gasteiger partial charge in [-0.2, -0.15) is 8.62 Å². The molecule has 6 rings (SSSR count). The molecule has 49 heavy (non-hydrogen) atoms. The lowest BCUT2D eigenvalue weighted by Gasteiger charge is -2.22. The van der Waals surface area contributed by atoms with Crippen molar-refractivity contribution in [1.82, 2.24) is 23.9 Å². The van der Waals surface area contributed by atoms with E-state index in [1.165, 1.54) is 47.7 Å². The number of imidazole rings is 2. The maximum atomic E-state index is 13.3. The second kappa shape index (κ2) is 13.4. The zero-order chi connectivity index (χ0) is 35.1. The van der Waals surface area contributed by atoms with Crippen LogP contribution in [0.5, 0.6) is 0 Å². The SMILES string of the molecule is O=C(O[C@@H]1[C@H](O)[C@@H](COP(=O)(O)OP(=O)(O)OP(=O)(O)O)O[C@H]1n1cnc2c1ncn1ccnc21)c1ccc(C(=O)c2ccccc2)cc1. The van der Waals surface area contributed by atoms with Crippen LogP contribution in [0.4, 0.5) is 0 Å². The number of hydrogen-bond acceptors (Lipinski definition) is 14. The molecule has 0 saturated carbocycles. The zero-order valence-corrected chi connectivity index (χ0v) is 27.1. The predicted octanol–water partition coefficient (Wildman–Crippen LogP) is 2.14. The largest absolute Gasteiger partial charge is 0.490 e. The number of phosphoric ester groups is 1. The lowest BCUT2D eigenvalue weighted by molar-refractivity contribution is -0.0558. The van der Waals surface area contributed by atoms with Gasteiger partial charge in [0.25, 0.3) is 0 Å². The molecule has 23 heteroatoms. The summed E-state index contributed by atoms with van der Waals surface area (Å²) in [5.74, 6) is -1.25. The number of aliphatic hydroxyl groups excluding tert-OH is 1. The second-order valence-corrected chi connectivity index (χ2v) is 14.7. The van der Waals surface area contributed by atoms with Gasteiger partial charge in [0.15, 0.2) is 34.9 Å². The van der Waals surface area contributed by atoms with E-state index in [2.05, 4.69) is 28.1 Å². The quantitative estimate of drug-likeness (QED) is 0.0696. The number of rotatable bonds is 12. The van der Waals surface area contributed by atoms with E-state index in [1.807, 2.05) is 0 Å². The summed E-state index contributed by atoms with van der Waals surface area (Å²) in [5.41, 5.74) is 1.59. The Morgan fingerprint density at radius 1 is 0.816 bits per heavy atom. The Labute approximate surface area is 273 Å². The van der Waals surface area contributed by atoms with Crippen LogP contribution >= 0.6 is 23.5 Å². The number of carbonyl (C=O) groups excluding carboxylic acids is 2. The van der Waals surface area contributed by atoms with Gasteiger partial charge in [0.1, 0.15) is 18.5 Å². The van der Waals surface area contributed by atoms with Crippen molar-refractivity contribution in [3.63, 3.8) is 0 Å². The number of fused-ring (bicyclic) bond motifs is 3. The van der Waals surface area contributed by atoms with Crippen LogP contribution in [0.15, 0.2) is 79.6 Å². The van der Waals surface area contributed by atoms with Gasteiger partial charge < -0.3 is 34.2 Å². The number of hydrogen-bond donors (Lipinski definition) is 5. The summed E-state index contributed by atoms with van der Waals surface area (Å²) < 4.78 is 61.4. The molecule has 0 aliphatic carbocycles. The highest BCUT2D eigenvalue weighted by atomic mass is 31.3. The molecule has 1 saturated heterocycles. The first-order valence-electron chi connectivity index (χ1n) is 13.8. The Morgan fingerprint density at radius 3 is 2.18 bits per heavy atom. The Morgan fingerprint density at radius 2 is 1.49 bits per heavy atom. The smallest absolute Gasteiger partial charge is 0.451 e. The first-order chi connectivity index (χ1) is 23.1. The third-order valence-electron chi connectivity index (χ3n) is 7.02. The summed E-state index contributed by atoms with van der Waals surface area (Å²) in [6, 6.07) is 14.0. The Hall–Kier alpha value is -4.00. The van der Waals surface area contributed by atoms with Gasteiger partial charge in [-0.3, -0.25) is 18.3 Å². The molecule has 4 heterocycles. The molecule has 0 radical (unpaired) electrons. The molecule has 5 N–H and O–H groups in total. The molecule has 20 nitrogen and oxygen atoms in total. The summed E-state index contributed by atoms with van der Waals surface area (Å²) in [5, 5.41) is 11.2. The first kappa shape index (κ1) is 34.8. The Bertz CT molecular complexity index is 2170. The highest BCUT2D eigenvalue weighted by molar-refractivity contribution is 7.66. The van der Waals surface area contributed by atoms with Crippen LogP contribution in [0.1, 0.15) is 32.5 Å². The number of carbonyl (C=O) groups is 2. The molecule has 1 fully saturated rings. The number of benzene rings is 2. The van der Waals surface area contributed by atoms with Crippen molar-refractivity contribution in [3.8, 4) is 0 Å². The number of ether oxygens (including phenoxy) is 2. The van der Waals surface area contributed by atoms with Gasteiger partial charge in [0.05, 0.1) is 18.5 Å². The van der Waals surface area contributed by atoms with E-state index >= 15 is 0 Å². The molecule has 258 valence electrons. The highest BCUT2D eigenvalue weighted by Gasteiger charge is 2.49. The lowest BCUT2D eigenvalue weighted by atomic mass is 10.0. The number of phosphoric acid groups is 3. The zero-order valence-electron chi connectivity index (χ0n) is 24.4. The molecule has 2 aromatic carbocycles. The molecular weight excluding hydrogens is 715 g/mol. The number of nitrogens with zero attached hydrogens (tertiary/aromatic N) is 5. The van der Waals surface area contributed by atoms with Gasteiger partial charge in [-0.15, -0.1) is 0 Å². The van der Waals surface area contributed by atoms with E-state index in [9.17, 15) is 38.2 Å². The third kappa shape index (κ3) is 7.76. The first-order valence-corrected chi connectivity index (χ1v) is 18.3. The lowest BCUT2D eigenvalue weighted by Crippen LogP contribution is -2.37. The fraction of sp³-hybridized carbons (Fsp3) is 0.192. The van der Waals surface area contributed by atoms with Crippen LogP contribution in [-0.4, -0.2) is 85.3 Å². The fourth-order valence-electron chi connectivity index (χ4n) is 4.92. The van der Waals surface area contributed by atoms with E-state index in [0.29, 0.717) is 16.7 Å². The number of esters is 1. The van der Waals surface area contributed by atoms with Crippen LogP contribution in [0.3, 0.4) is 0 Å². The molecule has 0 spiro atoms. The van der Waals surface area contributed by atoms with Gasteiger partial charge in [-0.05, 0) is 12.1 Å². The summed E-state index contributed by atoms with van der Waals surface area (Å²) in [4.78, 5) is 75.8. The average Bonchev–Trinajstić information content (AvgIpc) is 3.76. The summed E-state index contributed by atoms with van der Waals surface area (Å²) >= 11 is 0. The monoisotopic (exact) mass is 739 g/mol. The van der Waals surface area contributed by atoms with Crippen molar-refractivity contribution < 1.29 is 70.6 Å². The van der Waals surface area contributed by atoms with Crippen molar-refractivity contribution in [1.29, 1.82) is 0 Å². The van der Waals surface area contributed by atoms with Crippen molar-refractivity contribution >= 4 is 52.0 Å². The van der Waals surface area contributed by atoms with Gasteiger partial charge in [0, 0.05) is 23.5 Å². The molecule has 1 aliphatic rings. The van der Waals surface area contributed by atoms with Crippen LogP contribution in [-0.2, 0) is 36.3 Å². The standard InChI is InChI=1S/C26H24N5O15P3/c32-20(15-4-2-1-3-5-15)16-6-8-17(9-7-16)26(34)44-22-21(33)18(12-42-48(38,39)46-49(40,41)45-47(35,36)37)43-25(22)31-14-28-19-23-27-10-11-30(23)13-29-24(19)31/h1-11,13-14,18,21-22,25,33H,12H2,(H,38,39)(H,40,41)(H2,35,36,37)/t18-,21-,22-,25-/m1/s1. The highest BCUT2D eigenvalue weighted by Crippen LogP contribution is 2.66. The van der Waals surface area contributed by atoms with Crippen LogP contribution in [0.25, 0.3) is 16.8 Å². The minimum absolute atomic E-state index is 0.0139. The normalized spacial score (nSPS) is 22.1. The molecule has 6 atom stereocenters. The minimum atomic E-state index is -5.82. The van der Waals surface area contributed by atoms with Gasteiger partial charge in [-0.25, -0.2) is 33.4 Å². The van der Waals surface area contributed by atoms with E-state index in [-0.39, 0.29) is 22.6 Å². The van der Waals surface area contributed by atoms with Gasteiger partial charge in [0.2, 0.25) is 0 Å². The van der Waals surface area contributed by atoms with Gasteiger partial charge >= 0.3 is 29.4 Å². The van der Waals surface area contributed by atoms with E-state index in [1.54, 1.807) is 40.9 Å². The molecule has 3 aromatic heterocycles. The molecule has 1 aliphatic heterocycles. The summed E-state index contributed by atoms with van der Waals surface area (Å²) in [6.07, 6.45) is -0.546. The van der Waals surface area contributed by atoms with Crippen LogP contribution in [0, 0.1) is 0 Å². The van der Waals surface area contributed by atoms with Crippen molar-refractivity contribution in [2.24, 2.45) is 0 Å². The number of aliphatic hydroxyl groups is 1. The number of ketones is 1. The third-order valence-corrected chi connectivity index (χ3v) is 10.8. The van der Waals surface area contributed by atoms with Crippen molar-refractivity contribution in [3.05, 3.63) is 96.3 Å². The maximum Gasteiger partial charge on any atom is 0.490 e. The van der Waals surface area contributed by atoms with Crippen molar-refractivity contribution in [2.75, 3.05) is 6.61 Å². The van der Waals surface area contributed by atoms with Crippen molar-refractivity contribution in [2.45, 2.75) is 24.5 Å². The topological polar surface area (TPSA) is 281 Å².